The number of ketones is 3. The summed E-state index contributed by atoms with van der Waals surface area (Å²) >= 11 is 14.1. The van der Waals surface area contributed by atoms with Gasteiger partial charge in [-0.3, -0.25) is 38.5 Å². The van der Waals surface area contributed by atoms with E-state index in [-0.39, 0.29) is 86.0 Å². The Morgan fingerprint density at radius 2 is 1.35 bits per heavy atom. The van der Waals surface area contributed by atoms with Crippen LogP contribution in [-0.4, -0.2) is 186 Å². The fourth-order valence-corrected chi connectivity index (χ4v) is 13.4. The van der Waals surface area contributed by atoms with Crippen molar-refractivity contribution in [1.82, 2.24) is 36.8 Å². The second-order valence-electron chi connectivity index (χ2n) is 26.9. The zero-order valence-electron chi connectivity index (χ0n) is 58.6. The van der Waals surface area contributed by atoms with E-state index >= 15 is 19.2 Å². The summed E-state index contributed by atoms with van der Waals surface area (Å²) in [6.45, 7) is 8.47. The van der Waals surface area contributed by atoms with Crippen LogP contribution in [0.4, 0.5) is 9.59 Å². The van der Waals surface area contributed by atoms with E-state index in [0.29, 0.717) is 6.42 Å². The number of nitrogens with one attached hydrogen (secondary N) is 6. The quantitative estimate of drug-likeness (QED) is 0.0306. The van der Waals surface area contributed by atoms with Gasteiger partial charge in [0.15, 0.2) is 28.8 Å². The highest BCUT2D eigenvalue weighted by atomic mass is 35.5. The van der Waals surface area contributed by atoms with Crippen molar-refractivity contribution in [2.75, 3.05) is 33.4 Å². The number of benzene rings is 5. The molecular weight excluding hydrogens is 1430 g/mol. The number of urea groups is 1. The van der Waals surface area contributed by atoms with Gasteiger partial charge in [-0.05, 0) is 108 Å². The summed E-state index contributed by atoms with van der Waals surface area (Å²) in [6, 6.07) is 4.36. The zero-order chi connectivity index (χ0) is 77.1. The molecule has 1 saturated heterocycles. The lowest BCUT2D eigenvalue weighted by Gasteiger charge is -2.39. The predicted molar refractivity (Wildman–Crippen MR) is 380 cm³/mol. The number of rotatable bonds is 20. The van der Waals surface area contributed by atoms with E-state index in [4.69, 9.17) is 46.9 Å². The standard InChI is InChI=1S/C74H87Cl2N7O23/c1-7-9-10-11-12-13-20-77-73(100)78-32-40-26-50(89)60(81-70(98)47(22-34(3)4)83(6)74(101)102-21-8-2)62(91)37-15-18-52(45(75)24-37)103-54-27-39-28-55(67(54)106-72-66(95)65(94)64(93)56(33-84)105-72)104-53-19-16-38(25-46(53)76)63(92)61-71(99)79-58(35(5)85)44-29-41(86)30-49(88)57(44)43-23-36(14-17-48(43)87)42(69(97)82-61)31-51(90)59(39)80-68(40)96/h8,14-19,23-25,27-30,34,40,42,47,56,58-66,72,84,86-88,91-95H,2,7,9-13,20-22,26,31-33H2,1,3-6H3,(H,79,99)(H,80,96)(H,81,98)(H,82,97)(H2,77,78,100)/t40-,42+,47+,56?,58+,59+,60-,61-,62+,63+,64?,65?,66?,72?/m0/s1. The number of carbonyl (C=O) groups is 9. The Bertz CT molecular complexity index is 4140. The minimum absolute atomic E-state index is 0.0221. The van der Waals surface area contributed by atoms with Crippen molar-refractivity contribution in [2.45, 2.75) is 165 Å². The fraction of sp³-hybridized carbons (Fsp3) is 0.446. The number of Topliss-reactive ketones (excluding diaryl/α,β-unsaturated/α-hetero) is 3. The summed E-state index contributed by atoms with van der Waals surface area (Å²) in [4.78, 5) is 135. The number of nitrogens with zero attached hydrogens (tertiary/aromatic N) is 1. The number of hydrogen-bond donors (Lipinski definition) is 15. The van der Waals surface area contributed by atoms with Crippen LogP contribution in [0.3, 0.4) is 0 Å². The van der Waals surface area contributed by atoms with Gasteiger partial charge in [0.2, 0.25) is 35.7 Å². The van der Waals surface area contributed by atoms with Crippen molar-refractivity contribution in [1.29, 1.82) is 0 Å². The molecule has 5 unspecified atom stereocenters. The lowest BCUT2D eigenvalue weighted by molar-refractivity contribution is -0.277. The van der Waals surface area contributed by atoms with Gasteiger partial charge >= 0.3 is 12.1 Å². The van der Waals surface area contributed by atoms with Gasteiger partial charge < -0.3 is 102 Å². The lowest BCUT2D eigenvalue weighted by atomic mass is 9.84. The topological polar surface area (TPSA) is 457 Å². The highest BCUT2D eigenvalue weighted by Crippen LogP contribution is 2.50. The molecule has 6 heterocycles. The van der Waals surface area contributed by atoms with Crippen LogP contribution < -0.4 is 46.1 Å². The van der Waals surface area contributed by atoms with Gasteiger partial charge in [0.25, 0.3) is 0 Å². The minimum atomic E-state index is -2.16. The molecule has 5 aromatic rings. The fourth-order valence-electron chi connectivity index (χ4n) is 12.9. The largest absolute Gasteiger partial charge is 0.508 e. The van der Waals surface area contributed by atoms with Crippen molar-refractivity contribution in [3.05, 3.63) is 129 Å². The summed E-state index contributed by atoms with van der Waals surface area (Å²) in [6.07, 6.45) is -10.5. The second kappa shape index (κ2) is 35.6. The first-order valence-corrected chi connectivity index (χ1v) is 35.3. The third kappa shape index (κ3) is 18.8. The number of halogens is 2. The molecule has 7 amide bonds. The average Bonchev–Trinajstić information content (AvgIpc) is 0.769. The Balaban J connectivity index is 1.29. The number of amides is 7. The van der Waals surface area contributed by atoms with E-state index in [9.17, 15) is 69.9 Å². The molecule has 0 saturated carbocycles. The van der Waals surface area contributed by atoms with Gasteiger partial charge in [-0.1, -0.05) is 107 Å². The van der Waals surface area contributed by atoms with Crippen LogP contribution in [0, 0.1) is 11.8 Å². The molecule has 11 bridgehead atoms. The van der Waals surface area contributed by atoms with Crippen LogP contribution in [-0.2, 0) is 43.0 Å². The molecule has 106 heavy (non-hydrogen) atoms. The Kier molecular flexibility index (Phi) is 27.1. The molecule has 15 N–H and O–H groups in total. The first kappa shape index (κ1) is 80.5. The molecule has 0 aromatic heterocycles. The van der Waals surface area contributed by atoms with Gasteiger partial charge in [0.1, 0.15) is 102 Å². The van der Waals surface area contributed by atoms with Crippen LogP contribution in [0.1, 0.15) is 144 Å². The van der Waals surface area contributed by atoms with Crippen molar-refractivity contribution >= 4 is 76.3 Å². The van der Waals surface area contributed by atoms with Crippen LogP contribution >= 0.6 is 23.2 Å². The Morgan fingerprint density at radius 1 is 0.708 bits per heavy atom. The van der Waals surface area contributed by atoms with Crippen molar-refractivity contribution in [3.63, 3.8) is 0 Å². The number of aliphatic hydroxyl groups is 6. The van der Waals surface area contributed by atoms with Gasteiger partial charge in [0.05, 0.1) is 28.5 Å². The van der Waals surface area contributed by atoms with E-state index in [1.807, 2.05) is 0 Å². The normalized spacial score (nSPS) is 24.2. The number of aromatic hydroxyl groups is 3. The van der Waals surface area contributed by atoms with Crippen LogP contribution in [0.25, 0.3) is 11.1 Å². The first-order chi connectivity index (χ1) is 50.4. The van der Waals surface area contributed by atoms with Crippen LogP contribution in [0.15, 0.2) is 91.5 Å². The number of carbonyl (C=O) groups excluding carboxylic acids is 9. The van der Waals surface area contributed by atoms with Crippen LogP contribution in [0.2, 0.25) is 10.0 Å². The van der Waals surface area contributed by atoms with E-state index in [2.05, 4.69) is 45.4 Å². The summed E-state index contributed by atoms with van der Waals surface area (Å²) in [7, 11) is 1.28. The number of aliphatic hydroxyl groups excluding tert-OH is 6. The predicted octanol–water partition coefficient (Wildman–Crippen LogP) is 6.17. The minimum Gasteiger partial charge on any atom is -0.508 e. The molecule has 6 aliphatic rings. The molecule has 6 aliphatic heterocycles. The maximum atomic E-state index is 16.3. The Hall–Kier alpha value is -9.63. The highest BCUT2D eigenvalue weighted by Gasteiger charge is 2.47. The molecule has 0 spiro atoms. The second-order valence-corrected chi connectivity index (χ2v) is 27.7. The molecule has 11 rings (SSSR count). The first-order valence-electron chi connectivity index (χ1n) is 34.6. The number of likely N-dealkylation sites (N-methyl/N-ethyl adjacent to an activating group) is 1. The Labute approximate surface area is 619 Å². The molecule has 0 aliphatic carbocycles. The number of fused-ring (bicyclic) bond motifs is 15. The molecule has 1 fully saturated rings. The van der Waals surface area contributed by atoms with Gasteiger partial charge in [-0.15, -0.1) is 0 Å². The number of unbranched alkanes of at least 4 members (excludes halogenated alkanes) is 5. The van der Waals surface area contributed by atoms with E-state index < -0.39 is 199 Å². The van der Waals surface area contributed by atoms with Crippen molar-refractivity contribution in [3.8, 4) is 57.1 Å². The number of ether oxygens (including phenoxy) is 5. The zero-order valence-corrected chi connectivity index (χ0v) is 60.1. The summed E-state index contributed by atoms with van der Waals surface area (Å²) < 4.78 is 30.6. The molecule has 32 heteroatoms. The number of hydrogen-bond acceptors (Lipinski definition) is 23. The third-order valence-corrected chi connectivity index (χ3v) is 19.3. The molecular formula is C74H87Cl2N7O23. The molecule has 0 radical (unpaired) electrons. The van der Waals surface area contributed by atoms with Gasteiger partial charge in [-0.25, -0.2) is 9.59 Å². The summed E-state index contributed by atoms with van der Waals surface area (Å²) in [5, 5.41) is 118. The maximum absolute atomic E-state index is 16.3. The van der Waals surface area contributed by atoms with Gasteiger partial charge in [-0.2, -0.15) is 0 Å². The number of phenols is 3. The van der Waals surface area contributed by atoms with E-state index in [1.165, 1.54) is 49.5 Å². The SMILES string of the molecule is C=CCOC(=O)N(C)[C@H](CC(C)C)C(=O)N[C@H]1C(=O)C[C@@H](CNC(=O)NCCCCCCCC)C(=O)N[C@H]2C(=O)C[C@H]3C(=O)N[C@H](C(=O)N[C@H](C(C)=O)c4cc(O)cc(O)c4-c4cc3ccc4O)[C@H](O)c3ccc(c(Cl)c3)Oc3cc2cc(c3OC2OC(CO)C(O)C(O)C2O)Oc2ccc(cc2Cl)[C@H]1O. The third-order valence-electron chi connectivity index (χ3n) is 18.7. The molecule has 14 atom stereocenters. The van der Waals surface area contributed by atoms with E-state index in [1.54, 1.807) is 13.8 Å². The monoisotopic (exact) mass is 1510 g/mol. The van der Waals surface area contributed by atoms with E-state index in [0.717, 1.165) is 86.4 Å². The summed E-state index contributed by atoms with van der Waals surface area (Å²) in [5.74, 6) is -16.0. The van der Waals surface area contributed by atoms with Crippen molar-refractivity contribution in [2.24, 2.45) is 11.8 Å². The molecule has 5 aromatic carbocycles. The van der Waals surface area contributed by atoms with Crippen LogP contribution in [0.5, 0.6) is 46.0 Å². The smallest absolute Gasteiger partial charge is 0.410 e. The highest BCUT2D eigenvalue weighted by molar-refractivity contribution is 6.32. The molecule has 30 nitrogen and oxygen atoms in total. The summed E-state index contributed by atoms with van der Waals surface area (Å²) in [5.41, 5.74) is -1.81. The average molecular weight is 1510 g/mol. The van der Waals surface area contributed by atoms with Gasteiger partial charge in [0, 0.05) is 50.2 Å². The Morgan fingerprint density at radius 3 is 1.97 bits per heavy atom. The lowest BCUT2D eigenvalue weighted by Crippen LogP contribution is -2.60. The molecule has 570 valence electrons. The van der Waals surface area contributed by atoms with Crippen molar-refractivity contribution < 1.29 is 113 Å². The maximum Gasteiger partial charge on any atom is 0.410 e. The number of phenolic OH excluding ortho intramolecular Hbond substituents is 3.